The second-order valence-corrected chi connectivity index (χ2v) is 3.03. The van der Waals surface area contributed by atoms with Crippen LogP contribution in [0, 0.1) is 0 Å². The highest BCUT2D eigenvalue weighted by Gasteiger charge is 2.02. The molecule has 0 radical (unpaired) electrons. The van der Waals surface area contributed by atoms with E-state index in [0.29, 0.717) is 19.0 Å². The first-order valence-corrected chi connectivity index (χ1v) is 4.73. The molecule has 70 valence electrons. The molecule has 0 saturated carbocycles. The molecule has 0 spiro atoms. The maximum atomic E-state index is 11.4. The SMILES string of the molecule is O=C(CNCCCl)c1ccccc1. The van der Waals surface area contributed by atoms with Gasteiger partial charge in [0.1, 0.15) is 0 Å². The smallest absolute Gasteiger partial charge is 0.176 e. The van der Waals surface area contributed by atoms with Crippen LogP contribution in [0.1, 0.15) is 10.4 Å². The van der Waals surface area contributed by atoms with Crippen molar-refractivity contribution < 1.29 is 4.79 Å². The first-order chi connectivity index (χ1) is 6.34. The van der Waals surface area contributed by atoms with Gasteiger partial charge in [0.25, 0.3) is 0 Å². The zero-order chi connectivity index (χ0) is 9.52. The third-order valence-electron chi connectivity index (χ3n) is 1.65. The van der Waals surface area contributed by atoms with Gasteiger partial charge in [-0.2, -0.15) is 0 Å². The van der Waals surface area contributed by atoms with Crippen molar-refractivity contribution in [1.82, 2.24) is 5.32 Å². The van der Waals surface area contributed by atoms with Crippen molar-refractivity contribution in [3.63, 3.8) is 0 Å². The van der Waals surface area contributed by atoms with Crippen LogP contribution >= 0.6 is 11.6 Å². The Morgan fingerprint density at radius 2 is 2.00 bits per heavy atom. The predicted molar refractivity (Wildman–Crippen MR) is 54.4 cm³/mol. The summed E-state index contributed by atoms with van der Waals surface area (Å²) >= 11 is 5.46. The summed E-state index contributed by atoms with van der Waals surface area (Å²) in [5, 5.41) is 2.95. The second-order valence-electron chi connectivity index (χ2n) is 2.65. The molecule has 0 aromatic heterocycles. The number of ketones is 1. The van der Waals surface area contributed by atoms with Gasteiger partial charge in [-0.15, -0.1) is 11.6 Å². The van der Waals surface area contributed by atoms with Gasteiger partial charge in [-0.25, -0.2) is 0 Å². The quantitative estimate of drug-likeness (QED) is 0.442. The van der Waals surface area contributed by atoms with Crippen LogP contribution in [0.15, 0.2) is 30.3 Å². The molecule has 0 heterocycles. The molecular formula is C10H12ClNO. The lowest BCUT2D eigenvalue weighted by Gasteiger charge is -2.01. The van der Waals surface area contributed by atoms with E-state index >= 15 is 0 Å². The van der Waals surface area contributed by atoms with E-state index < -0.39 is 0 Å². The zero-order valence-electron chi connectivity index (χ0n) is 7.29. The fourth-order valence-electron chi connectivity index (χ4n) is 0.995. The Morgan fingerprint density at radius 3 is 2.62 bits per heavy atom. The molecular weight excluding hydrogens is 186 g/mol. The van der Waals surface area contributed by atoms with Gasteiger partial charge in [0.05, 0.1) is 6.54 Å². The molecule has 2 nitrogen and oxygen atoms in total. The lowest BCUT2D eigenvalue weighted by Crippen LogP contribution is -2.24. The molecule has 0 saturated heterocycles. The van der Waals surface area contributed by atoms with E-state index in [1.165, 1.54) is 0 Å². The van der Waals surface area contributed by atoms with E-state index in [1.807, 2.05) is 30.3 Å². The fourth-order valence-corrected chi connectivity index (χ4v) is 1.13. The number of halogens is 1. The van der Waals surface area contributed by atoms with E-state index in [-0.39, 0.29) is 5.78 Å². The van der Waals surface area contributed by atoms with Crippen molar-refractivity contribution >= 4 is 17.4 Å². The standard InChI is InChI=1S/C10H12ClNO/c11-6-7-12-8-10(13)9-4-2-1-3-5-9/h1-5,12H,6-8H2. The Morgan fingerprint density at radius 1 is 1.31 bits per heavy atom. The van der Waals surface area contributed by atoms with Gasteiger partial charge >= 0.3 is 0 Å². The van der Waals surface area contributed by atoms with Crippen LogP contribution in [0.4, 0.5) is 0 Å². The Bertz CT molecular complexity index is 261. The predicted octanol–water partition coefficient (Wildman–Crippen LogP) is 1.70. The van der Waals surface area contributed by atoms with Gasteiger partial charge in [0.2, 0.25) is 0 Å². The number of benzene rings is 1. The number of Topliss-reactive ketones (excluding diaryl/α,β-unsaturated/α-hetero) is 1. The van der Waals surface area contributed by atoms with E-state index in [1.54, 1.807) is 0 Å². The van der Waals surface area contributed by atoms with Crippen LogP contribution < -0.4 is 5.32 Å². The monoisotopic (exact) mass is 197 g/mol. The average molecular weight is 198 g/mol. The number of rotatable bonds is 5. The summed E-state index contributed by atoms with van der Waals surface area (Å²) < 4.78 is 0. The molecule has 13 heavy (non-hydrogen) atoms. The highest BCUT2D eigenvalue weighted by atomic mass is 35.5. The molecule has 0 bridgehead atoms. The van der Waals surface area contributed by atoms with Gasteiger partial charge < -0.3 is 5.32 Å². The van der Waals surface area contributed by atoms with Crippen molar-refractivity contribution in [2.75, 3.05) is 19.0 Å². The van der Waals surface area contributed by atoms with Crippen LogP contribution in [0.25, 0.3) is 0 Å². The minimum absolute atomic E-state index is 0.103. The highest BCUT2D eigenvalue weighted by Crippen LogP contribution is 1.98. The van der Waals surface area contributed by atoms with Crippen molar-refractivity contribution in [1.29, 1.82) is 0 Å². The molecule has 3 heteroatoms. The summed E-state index contributed by atoms with van der Waals surface area (Å²) in [5.41, 5.74) is 0.740. The number of carbonyl (C=O) groups is 1. The Kier molecular flexibility index (Phi) is 4.50. The molecule has 1 N–H and O–H groups in total. The van der Waals surface area contributed by atoms with E-state index in [0.717, 1.165) is 5.56 Å². The molecule has 1 aromatic carbocycles. The number of carbonyl (C=O) groups excluding carboxylic acids is 1. The minimum atomic E-state index is 0.103. The van der Waals surface area contributed by atoms with Gasteiger partial charge in [-0.3, -0.25) is 4.79 Å². The Balaban J connectivity index is 2.40. The lowest BCUT2D eigenvalue weighted by molar-refractivity contribution is 0.0992. The number of alkyl halides is 1. The zero-order valence-corrected chi connectivity index (χ0v) is 8.05. The second kappa shape index (κ2) is 5.73. The largest absolute Gasteiger partial charge is 0.309 e. The van der Waals surface area contributed by atoms with Gasteiger partial charge in [0, 0.05) is 18.0 Å². The van der Waals surface area contributed by atoms with E-state index in [4.69, 9.17) is 11.6 Å². The Hall–Kier alpha value is -0.860. The van der Waals surface area contributed by atoms with Crippen molar-refractivity contribution in [2.24, 2.45) is 0 Å². The summed E-state index contributed by atoms with van der Waals surface area (Å²) in [7, 11) is 0. The van der Waals surface area contributed by atoms with Crippen LogP contribution in [-0.2, 0) is 0 Å². The normalized spacial score (nSPS) is 9.92. The lowest BCUT2D eigenvalue weighted by atomic mass is 10.1. The van der Waals surface area contributed by atoms with Gasteiger partial charge in [0.15, 0.2) is 5.78 Å². The van der Waals surface area contributed by atoms with Crippen LogP contribution in [-0.4, -0.2) is 24.8 Å². The molecule has 0 aliphatic rings. The summed E-state index contributed by atoms with van der Waals surface area (Å²) in [6.07, 6.45) is 0. The first kappa shape index (κ1) is 10.2. The molecule has 0 unspecified atom stereocenters. The molecule has 0 aliphatic heterocycles. The summed E-state index contributed by atoms with van der Waals surface area (Å²) in [4.78, 5) is 11.4. The van der Waals surface area contributed by atoms with Crippen LogP contribution in [0.2, 0.25) is 0 Å². The molecule has 1 aromatic rings. The molecule has 0 fully saturated rings. The summed E-state index contributed by atoms with van der Waals surface area (Å²) in [5.74, 6) is 0.632. The maximum Gasteiger partial charge on any atom is 0.176 e. The van der Waals surface area contributed by atoms with Crippen molar-refractivity contribution in [2.45, 2.75) is 0 Å². The first-order valence-electron chi connectivity index (χ1n) is 4.19. The average Bonchev–Trinajstić information content (AvgIpc) is 2.19. The fraction of sp³-hybridized carbons (Fsp3) is 0.300. The molecule has 0 aliphatic carbocycles. The topological polar surface area (TPSA) is 29.1 Å². The van der Waals surface area contributed by atoms with Crippen molar-refractivity contribution in [3.05, 3.63) is 35.9 Å². The third kappa shape index (κ3) is 3.57. The number of nitrogens with one attached hydrogen (secondary N) is 1. The molecule has 0 amide bonds. The highest BCUT2D eigenvalue weighted by molar-refractivity contribution is 6.18. The number of hydrogen-bond donors (Lipinski definition) is 1. The third-order valence-corrected chi connectivity index (χ3v) is 1.84. The Labute approximate surface area is 82.9 Å². The van der Waals surface area contributed by atoms with Gasteiger partial charge in [-0.1, -0.05) is 30.3 Å². The van der Waals surface area contributed by atoms with E-state index in [9.17, 15) is 4.79 Å². The van der Waals surface area contributed by atoms with E-state index in [2.05, 4.69) is 5.32 Å². The molecule has 1 rings (SSSR count). The van der Waals surface area contributed by atoms with Crippen LogP contribution in [0.3, 0.4) is 0 Å². The molecule has 0 atom stereocenters. The van der Waals surface area contributed by atoms with Crippen LogP contribution in [0.5, 0.6) is 0 Å². The maximum absolute atomic E-state index is 11.4. The minimum Gasteiger partial charge on any atom is -0.309 e. The summed E-state index contributed by atoms with van der Waals surface area (Å²) in [6.45, 7) is 1.02. The summed E-state index contributed by atoms with van der Waals surface area (Å²) in [6, 6.07) is 9.22. The van der Waals surface area contributed by atoms with Crippen molar-refractivity contribution in [3.8, 4) is 0 Å². The number of hydrogen-bond acceptors (Lipinski definition) is 2. The van der Waals surface area contributed by atoms with Gasteiger partial charge in [-0.05, 0) is 0 Å².